The number of fused-ring (bicyclic) bond motifs is 1. The Kier molecular flexibility index (Phi) is 7.93. The highest BCUT2D eigenvalue weighted by molar-refractivity contribution is 7.92. The number of halogens is 3. The van der Waals surface area contributed by atoms with Crippen LogP contribution >= 0.6 is 11.3 Å². The third kappa shape index (κ3) is 7.35. The molecule has 1 aromatic carbocycles. The maximum Gasteiger partial charge on any atom is 0.404 e. The first kappa shape index (κ1) is 27.8. The van der Waals surface area contributed by atoms with Gasteiger partial charge in [-0.15, -0.1) is 20.4 Å². The summed E-state index contributed by atoms with van der Waals surface area (Å²) in [5.41, 5.74) is 0.667. The molecule has 0 aliphatic carbocycles. The van der Waals surface area contributed by atoms with Gasteiger partial charge in [-0.05, 0) is 57.7 Å². The van der Waals surface area contributed by atoms with Gasteiger partial charge in [0, 0.05) is 18.8 Å². The zero-order valence-electron chi connectivity index (χ0n) is 20.4. The Labute approximate surface area is 211 Å². The molecular formula is C21H27F3N6O4S2. The first-order valence-corrected chi connectivity index (χ1v) is 13.5. The Hall–Kier alpha value is -2.81. The number of sulfonamides is 1. The molecule has 0 radical (unpaired) electrons. The summed E-state index contributed by atoms with van der Waals surface area (Å²) in [6, 6.07) is 3.26. The Balaban J connectivity index is 1.96. The maximum atomic E-state index is 12.8. The molecule has 1 unspecified atom stereocenters. The summed E-state index contributed by atoms with van der Waals surface area (Å²) in [6.45, 7) is 7.12. The molecule has 0 saturated heterocycles. The molecule has 2 heterocycles. The lowest BCUT2D eigenvalue weighted by atomic mass is 9.94. The molecule has 1 atom stereocenters. The summed E-state index contributed by atoms with van der Waals surface area (Å²) >= 11 is 0.807. The van der Waals surface area contributed by atoms with Crippen LogP contribution in [0.25, 0.3) is 0 Å². The Bertz CT molecular complexity index is 1260. The average Bonchev–Trinajstić information content (AvgIpc) is 3.19. The van der Waals surface area contributed by atoms with E-state index in [0.29, 0.717) is 12.1 Å². The van der Waals surface area contributed by atoms with Crippen molar-refractivity contribution in [1.82, 2.24) is 10.2 Å². The Morgan fingerprint density at radius 3 is 2.56 bits per heavy atom. The second-order valence-electron chi connectivity index (χ2n) is 9.28. The molecule has 36 heavy (non-hydrogen) atoms. The lowest BCUT2D eigenvalue weighted by molar-refractivity contribution is -0.106. The van der Waals surface area contributed by atoms with Crippen molar-refractivity contribution in [3.05, 3.63) is 22.7 Å². The minimum atomic E-state index is -4.92. The summed E-state index contributed by atoms with van der Waals surface area (Å²) in [5.74, 6) is -2.74. The monoisotopic (exact) mass is 548 g/mol. The van der Waals surface area contributed by atoms with Gasteiger partial charge in [-0.25, -0.2) is 13.2 Å². The third-order valence-electron chi connectivity index (χ3n) is 5.19. The molecule has 0 saturated carbocycles. The number of azo groups is 1. The normalized spacial score (nSPS) is 16.8. The number of ether oxygens (including phenoxy) is 1. The average molecular weight is 549 g/mol. The predicted molar refractivity (Wildman–Crippen MR) is 130 cm³/mol. The molecule has 3 rings (SSSR count). The van der Waals surface area contributed by atoms with Crippen molar-refractivity contribution >= 4 is 49.5 Å². The number of aromatic nitrogens is 2. The van der Waals surface area contributed by atoms with Crippen molar-refractivity contribution in [2.24, 2.45) is 10.2 Å². The van der Waals surface area contributed by atoms with Crippen LogP contribution in [-0.4, -0.2) is 55.2 Å². The lowest BCUT2D eigenvalue weighted by Gasteiger charge is -2.36. The van der Waals surface area contributed by atoms with E-state index in [4.69, 9.17) is 4.74 Å². The van der Waals surface area contributed by atoms with Crippen LogP contribution in [-0.2, 0) is 21.2 Å². The van der Waals surface area contributed by atoms with E-state index in [2.05, 4.69) is 20.4 Å². The summed E-state index contributed by atoms with van der Waals surface area (Å²) in [4.78, 5) is 14.1. The largest absolute Gasteiger partial charge is 0.455 e. The van der Waals surface area contributed by atoms with Crippen LogP contribution in [0.4, 0.5) is 35.4 Å². The molecule has 0 amide bonds. The molecule has 1 N–H and O–H groups in total. The number of carbonyl (C=O) groups is 1. The van der Waals surface area contributed by atoms with Gasteiger partial charge < -0.3 is 9.64 Å². The zero-order valence-corrected chi connectivity index (χ0v) is 22.0. The van der Waals surface area contributed by atoms with E-state index in [1.54, 1.807) is 26.8 Å². The topological polar surface area (TPSA) is 126 Å². The fourth-order valence-corrected chi connectivity index (χ4v) is 5.22. The highest BCUT2D eigenvalue weighted by Gasteiger charge is 2.36. The van der Waals surface area contributed by atoms with Gasteiger partial charge in [0.1, 0.15) is 11.3 Å². The van der Waals surface area contributed by atoms with Crippen molar-refractivity contribution in [2.75, 3.05) is 22.4 Å². The van der Waals surface area contributed by atoms with Crippen molar-refractivity contribution in [3.8, 4) is 0 Å². The Morgan fingerprint density at radius 1 is 1.25 bits per heavy atom. The number of carbonyl (C=O) groups excluding carboxylic acids is 1. The molecule has 1 aliphatic rings. The van der Waals surface area contributed by atoms with E-state index in [1.165, 1.54) is 6.07 Å². The highest BCUT2D eigenvalue weighted by atomic mass is 32.2. The van der Waals surface area contributed by atoms with Crippen LogP contribution in [0.1, 0.15) is 55.9 Å². The quantitative estimate of drug-likeness (QED) is 0.364. The molecule has 1 aliphatic heterocycles. The minimum absolute atomic E-state index is 0.0110. The number of nitrogens with zero attached hydrogens (tertiary/aromatic N) is 5. The van der Waals surface area contributed by atoms with Gasteiger partial charge in [-0.3, -0.25) is 4.72 Å². The molecule has 2 aromatic rings. The predicted octanol–water partition coefficient (Wildman–Crippen LogP) is 5.37. The summed E-state index contributed by atoms with van der Waals surface area (Å²) in [6.07, 6.45) is -2.54. The number of alkyl halides is 3. The Morgan fingerprint density at radius 2 is 1.94 bits per heavy atom. The van der Waals surface area contributed by atoms with Crippen LogP contribution in [0.3, 0.4) is 0 Å². The van der Waals surface area contributed by atoms with Gasteiger partial charge in [0.05, 0.1) is 5.69 Å². The van der Waals surface area contributed by atoms with Crippen LogP contribution < -0.4 is 9.62 Å². The van der Waals surface area contributed by atoms with Gasteiger partial charge >= 0.3 is 12.1 Å². The van der Waals surface area contributed by atoms with Gasteiger partial charge in [-0.2, -0.15) is 13.2 Å². The standard InChI is InChI=1S/C21H27F3N6O4S2/c1-6-13-8-7-12-9-14(25-27-19-28-26-17(35-19)18(31)34-20(2,3)4)15(10-16(12)30(13)5)29-36(32,33)11-21(22,23)24/h9-10,13,29H,6-8,11H2,1-5H3. The van der Waals surface area contributed by atoms with Gasteiger partial charge in [-0.1, -0.05) is 18.3 Å². The number of anilines is 2. The van der Waals surface area contributed by atoms with E-state index < -0.39 is 33.5 Å². The fourth-order valence-electron chi connectivity index (χ4n) is 3.68. The van der Waals surface area contributed by atoms with Crippen LogP contribution in [0.2, 0.25) is 0 Å². The number of aryl methyl sites for hydroxylation is 1. The van der Waals surface area contributed by atoms with E-state index in [0.717, 1.165) is 29.7 Å². The number of hydrogen-bond acceptors (Lipinski definition) is 10. The van der Waals surface area contributed by atoms with Gasteiger partial charge in [0.25, 0.3) is 5.13 Å². The molecule has 0 spiro atoms. The van der Waals surface area contributed by atoms with Crippen molar-refractivity contribution in [1.29, 1.82) is 0 Å². The second-order valence-corrected chi connectivity index (χ2v) is 12.0. The first-order chi connectivity index (χ1) is 16.6. The molecule has 10 nitrogen and oxygen atoms in total. The van der Waals surface area contributed by atoms with Gasteiger partial charge in [0.2, 0.25) is 15.0 Å². The molecular weight excluding hydrogens is 521 g/mol. The van der Waals surface area contributed by atoms with Crippen LogP contribution in [0.15, 0.2) is 22.4 Å². The number of esters is 1. The number of hydrogen-bond donors (Lipinski definition) is 1. The number of rotatable bonds is 7. The molecule has 1 aromatic heterocycles. The maximum absolute atomic E-state index is 12.8. The smallest absolute Gasteiger partial charge is 0.404 e. The highest BCUT2D eigenvalue weighted by Crippen LogP contribution is 2.40. The molecule has 0 fully saturated rings. The van der Waals surface area contributed by atoms with Crippen LogP contribution in [0, 0.1) is 0 Å². The van der Waals surface area contributed by atoms with E-state index >= 15 is 0 Å². The van der Waals surface area contributed by atoms with E-state index in [1.807, 2.05) is 23.6 Å². The number of benzene rings is 1. The lowest BCUT2D eigenvalue weighted by Crippen LogP contribution is -2.35. The van der Waals surface area contributed by atoms with Crippen molar-refractivity contribution in [2.45, 2.75) is 64.8 Å². The fraction of sp³-hybridized carbons (Fsp3) is 0.571. The van der Waals surface area contributed by atoms with E-state index in [9.17, 15) is 26.4 Å². The van der Waals surface area contributed by atoms with Crippen molar-refractivity contribution < 1.29 is 31.1 Å². The summed E-state index contributed by atoms with van der Waals surface area (Å²) in [5, 5.41) is 15.4. The van der Waals surface area contributed by atoms with Gasteiger partial charge in [0.15, 0.2) is 5.75 Å². The SMILES string of the molecule is CCC1CCc2cc(N=Nc3nnc(C(=O)OC(C)(C)C)s3)c(NS(=O)(=O)CC(F)(F)F)cc2N1C. The third-order valence-corrected chi connectivity index (χ3v) is 7.22. The summed E-state index contributed by atoms with van der Waals surface area (Å²) < 4.78 is 70.1. The minimum Gasteiger partial charge on any atom is -0.455 e. The molecule has 0 bridgehead atoms. The van der Waals surface area contributed by atoms with E-state index in [-0.39, 0.29) is 27.6 Å². The molecule has 15 heteroatoms. The van der Waals surface area contributed by atoms with Crippen molar-refractivity contribution in [3.63, 3.8) is 0 Å². The second kappa shape index (κ2) is 10.3. The molecule has 198 valence electrons. The zero-order chi connectivity index (χ0) is 26.9. The number of nitrogens with one attached hydrogen (secondary N) is 1. The first-order valence-electron chi connectivity index (χ1n) is 11.0. The summed E-state index contributed by atoms with van der Waals surface area (Å²) in [7, 11) is -2.92. The van der Waals surface area contributed by atoms with Crippen LogP contribution in [0.5, 0.6) is 0 Å².